The minimum atomic E-state index is -0.0219. The van der Waals surface area contributed by atoms with E-state index in [4.69, 9.17) is 11.6 Å². The first-order valence-electron chi connectivity index (χ1n) is 6.46. The second-order valence-corrected chi connectivity index (χ2v) is 4.88. The van der Waals surface area contributed by atoms with Crippen molar-refractivity contribution in [3.63, 3.8) is 0 Å². The van der Waals surface area contributed by atoms with E-state index in [0.29, 0.717) is 16.3 Å². The van der Waals surface area contributed by atoms with Crippen LogP contribution in [0.3, 0.4) is 0 Å². The van der Waals surface area contributed by atoms with E-state index in [1.807, 2.05) is 24.3 Å². The Balaban J connectivity index is 2.15. The summed E-state index contributed by atoms with van der Waals surface area (Å²) in [4.78, 5) is 16.1. The highest BCUT2D eigenvalue weighted by Gasteiger charge is 2.09. The van der Waals surface area contributed by atoms with Gasteiger partial charge >= 0.3 is 0 Å². The van der Waals surface area contributed by atoms with Crippen LogP contribution in [0.2, 0.25) is 5.15 Å². The zero-order valence-electron chi connectivity index (χ0n) is 10.9. The number of unbranched alkanes of at least 4 members (excludes halogenated alkanes) is 1. The number of carbonyl (C=O) groups excluding carboxylic acids is 1. The summed E-state index contributed by atoms with van der Waals surface area (Å²) in [6.45, 7) is 2.17. The number of aromatic nitrogens is 1. The molecule has 0 N–H and O–H groups in total. The lowest BCUT2D eigenvalue weighted by Gasteiger charge is -2.04. The fourth-order valence-electron chi connectivity index (χ4n) is 1.91. The maximum atomic E-state index is 12.2. The quantitative estimate of drug-likeness (QED) is 0.600. The first-order chi connectivity index (χ1) is 9.20. The fraction of sp³-hybridized carbons (Fsp3) is 0.250. The van der Waals surface area contributed by atoms with Crippen molar-refractivity contribution < 1.29 is 4.79 Å². The van der Waals surface area contributed by atoms with E-state index in [9.17, 15) is 4.79 Å². The Labute approximate surface area is 118 Å². The van der Waals surface area contributed by atoms with Crippen molar-refractivity contribution in [1.82, 2.24) is 4.98 Å². The van der Waals surface area contributed by atoms with E-state index in [-0.39, 0.29) is 5.78 Å². The molecule has 0 saturated heterocycles. The van der Waals surface area contributed by atoms with Crippen LogP contribution in [0.15, 0.2) is 42.6 Å². The van der Waals surface area contributed by atoms with E-state index >= 15 is 0 Å². The molecule has 0 fully saturated rings. The van der Waals surface area contributed by atoms with Crippen LogP contribution in [0.25, 0.3) is 0 Å². The number of rotatable bonds is 5. The normalized spacial score (nSPS) is 10.4. The molecular weight excluding hydrogens is 258 g/mol. The summed E-state index contributed by atoms with van der Waals surface area (Å²) in [6, 6.07) is 11.1. The van der Waals surface area contributed by atoms with Crippen LogP contribution in [0, 0.1) is 0 Å². The Kier molecular flexibility index (Phi) is 4.69. The predicted molar refractivity (Wildman–Crippen MR) is 77.7 cm³/mol. The lowest BCUT2D eigenvalue weighted by Crippen LogP contribution is -2.01. The number of ketones is 1. The van der Waals surface area contributed by atoms with Crippen molar-refractivity contribution in [3.8, 4) is 0 Å². The Hall–Kier alpha value is -1.67. The third kappa shape index (κ3) is 3.65. The zero-order chi connectivity index (χ0) is 13.7. The van der Waals surface area contributed by atoms with Crippen molar-refractivity contribution in [1.29, 1.82) is 0 Å². The Morgan fingerprint density at radius 3 is 2.53 bits per heavy atom. The molecule has 3 heteroatoms. The molecular formula is C16H16ClNO. The highest BCUT2D eigenvalue weighted by atomic mass is 35.5. The van der Waals surface area contributed by atoms with Gasteiger partial charge in [0, 0.05) is 17.3 Å². The summed E-state index contributed by atoms with van der Waals surface area (Å²) in [6.07, 6.45) is 4.96. The minimum absolute atomic E-state index is 0.0219. The molecule has 0 radical (unpaired) electrons. The van der Waals surface area contributed by atoms with Crippen LogP contribution in [0.5, 0.6) is 0 Å². The minimum Gasteiger partial charge on any atom is -0.289 e. The second kappa shape index (κ2) is 6.48. The van der Waals surface area contributed by atoms with Crippen LogP contribution < -0.4 is 0 Å². The van der Waals surface area contributed by atoms with Gasteiger partial charge in [-0.3, -0.25) is 4.79 Å². The summed E-state index contributed by atoms with van der Waals surface area (Å²) < 4.78 is 0. The summed E-state index contributed by atoms with van der Waals surface area (Å²) >= 11 is 5.80. The van der Waals surface area contributed by atoms with Crippen molar-refractivity contribution in [3.05, 3.63) is 64.4 Å². The van der Waals surface area contributed by atoms with E-state index in [2.05, 4.69) is 11.9 Å². The summed E-state index contributed by atoms with van der Waals surface area (Å²) in [5.74, 6) is -0.0219. The van der Waals surface area contributed by atoms with E-state index in [1.54, 1.807) is 18.3 Å². The lowest BCUT2D eigenvalue weighted by atomic mass is 10.0. The molecule has 0 spiro atoms. The summed E-state index contributed by atoms with van der Waals surface area (Å²) in [5, 5.41) is 0.338. The van der Waals surface area contributed by atoms with Gasteiger partial charge in [-0.05, 0) is 30.5 Å². The SMILES string of the molecule is CCCCc1ccc(C(=O)c2ccnc(Cl)c2)cc1. The summed E-state index contributed by atoms with van der Waals surface area (Å²) in [5.41, 5.74) is 2.52. The second-order valence-electron chi connectivity index (χ2n) is 4.50. The average Bonchev–Trinajstić information content (AvgIpc) is 2.45. The standard InChI is InChI=1S/C16H16ClNO/c1-2-3-4-12-5-7-13(8-6-12)16(19)14-9-10-18-15(17)11-14/h5-11H,2-4H2,1H3. The van der Waals surface area contributed by atoms with Crippen molar-refractivity contribution in [2.24, 2.45) is 0 Å². The molecule has 0 atom stereocenters. The molecule has 0 amide bonds. The smallest absolute Gasteiger partial charge is 0.193 e. The van der Waals surface area contributed by atoms with Crippen LogP contribution in [0.1, 0.15) is 41.3 Å². The van der Waals surface area contributed by atoms with Gasteiger partial charge in [-0.15, -0.1) is 0 Å². The molecule has 1 aromatic carbocycles. The molecule has 19 heavy (non-hydrogen) atoms. The third-order valence-corrected chi connectivity index (χ3v) is 3.23. The van der Waals surface area contributed by atoms with Crippen LogP contribution in [0.4, 0.5) is 0 Å². The first kappa shape index (κ1) is 13.8. The number of hydrogen-bond acceptors (Lipinski definition) is 2. The number of hydrogen-bond donors (Lipinski definition) is 0. The highest BCUT2D eigenvalue weighted by Crippen LogP contribution is 2.14. The number of nitrogens with zero attached hydrogens (tertiary/aromatic N) is 1. The Morgan fingerprint density at radius 2 is 1.89 bits per heavy atom. The Morgan fingerprint density at radius 1 is 1.16 bits per heavy atom. The predicted octanol–water partition coefficient (Wildman–Crippen LogP) is 4.31. The molecule has 2 rings (SSSR count). The van der Waals surface area contributed by atoms with E-state index in [0.717, 1.165) is 6.42 Å². The van der Waals surface area contributed by atoms with Gasteiger partial charge in [-0.2, -0.15) is 0 Å². The van der Waals surface area contributed by atoms with E-state index in [1.165, 1.54) is 18.4 Å². The number of aryl methyl sites for hydroxylation is 1. The largest absolute Gasteiger partial charge is 0.289 e. The molecule has 2 nitrogen and oxygen atoms in total. The third-order valence-electron chi connectivity index (χ3n) is 3.02. The van der Waals surface area contributed by atoms with E-state index < -0.39 is 0 Å². The number of benzene rings is 1. The molecule has 2 aromatic rings. The topological polar surface area (TPSA) is 30.0 Å². The van der Waals surface area contributed by atoms with Gasteiger partial charge < -0.3 is 0 Å². The lowest BCUT2D eigenvalue weighted by molar-refractivity contribution is 0.103. The monoisotopic (exact) mass is 273 g/mol. The Bertz CT molecular complexity index is 563. The molecule has 0 bridgehead atoms. The molecule has 0 aliphatic carbocycles. The zero-order valence-corrected chi connectivity index (χ0v) is 11.7. The van der Waals surface area contributed by atoms with Crippen LogP contribution in [-0.4, -0.2) is 10.8 Å². The number of carbonyl (C=O) groups is 1. The van der Waals surface area contributed by atoms with Gasteiger partial charge in [0.15, 0.2) is 5.78 Å². The van der Waals surface area contributed by atoms with Gasteiger partial charge in [0.1, 0.15) is 5.15 Å². The molecule has 0 unspecified atom stereocenters. The first-order valence-corrected chi connectivity index (χ1v) is 6.83. The van der Waals surface area contributed by atoms with Gasteiger partial charge in [0.05, 0.1) is 0 Å². The maximum Gasteiger partial charge on any atom is 0.193 e. The average molecular weight is 274 g/mol. The maximum absolute atomic E-state index is 12.2. The summed E-state index contributed by atoms with van der Waals surface area (Å²) in [7, 11) is 0. The van der Waals surface area contributed by atoms with Gasteiger partial charge in [0.2, 0.25) is 0 Å². The number of halogens is 1. The van der Waals surface area contributed by atoms with Gasteiger partial charge in [0.25, 0.3) is 0 Å². The van der Waals surface area contributed by atoms with Gasteiger partial charge in [-0.1, -0.05) is 49.2 Å². The van der Waals surface area contributed by atoms with Gasteiger partial charge in [-0.25, -0.2) is 4.98 Å². The molecule has 1 heterocycles. The number of pyridine rings is 1. The molecule has 1 aromatic heterocycles. The van der Waals surface area contributed by atoms with Crippen LogP contribution >= 0.6 is 11.6 Å². The molecule has 98 valence electrons. The van der Waals surface area contributed by atoms with Crippen molar-refractivity contribution in [2.45, 2.75) is 26.2 Å². The van der Waals surface area contributed by atoms with Crippen molar-refractivity contribution in [2.75, 3.05) is 0 Å². The molecule has 0 aliphatic rings. The van der Waals surface area contributed by atoms with Crippen LogP contribution in [-0.2, 0) is 6.42 Å². The highest BCUT2D eigenvalue weighted by molar-refractivity contribution is 6.29. The molecule has 0 aliphatic heterocycles. The fourth-order valence-corrected chi connectivity index (χ4v) is 2.09. The molecule has 0 saturated carbocycles. The van der Waals surface area contributed by atoms with Crippen molar-refractivity contribution >= 4 is 17.4 Å².